The Morgan fingerprint density at radius 2 is 2.00 bits per heavy atom. The van der Waals surface area contributed by atoms with Gasteiger partial charge in [-0.05, 0) is 18.2 Å². The molecule has 0 spiro atoms. The summed E-state index contributed by atoms with van der Waals surface area (Å²) in [6, 6.07) is 4.60. The van der Waals surface area contributed by atoms with E-state index in [0.717, 1.165) is 11.4 Å². The molecule has 1 aromatic rings. The molecule has 0 fully saturated rings. The minimum absolute atomic E-state index is 0.212. The highest BCUT2D eigenvalue weighted by Crippen LogP contribution is 2.32. The normalized spacial score (nSPS) is 13.7. The van der Waals surface area contributed by atoms with E-state index in [1.165, 1.54) is 24.3 Å². The molecule has 0 unspecified atom stereocenters. The molecule has 0 saturated heterocycles. The maximum absolute atomic E-state index is 12.5. The van der Waals surface area contributed by atoms with Crippen LogP contribution in [0.5, 0.6) is 0 Å². The Morgan fingerprint density at radius 1 is 1.20 bits per heavy atom. The van der Waals surface area contributed by atoms with Crippen LogP contribution in [0.15, 0.2) is 18.2 Å². The maximum Gasteiger partial charge on any atom is 0.125 e. The van der Waals surface area contributed by atoms with Crippen molar-refractivity contribution in [2.45, 2.75) is 0 Å². The molecule has 0 aromatic heterocycles. The SMILES string of the molecule is Fc1ccc2c(c1)NSN2. The van der Waals surface area contributed by atoms with E-state index in [1.807, 2.05) is 0 Å². The summed E-state index contributed by atoms with van der Waals surface area (Å²) in [6.45, 7) is 0. The van der Waals surface area contributed by atoms with Crippen LogP contribution in [0.2, 0.25) is 0 Å². The lowest BCUT2D eigenvalue weighted by molar-refractivity contribution is 0.629. The zero-order chi connectivity index (χ0) is 6.97. The van der Waals surface area contributed by atoms with Crippen LogP contribution in [-0.4, -0.2) is 0 Å². The summed E-state index contributed by atoms with van der Waals surface area (Å²) in [5.74, 6) is -0.212. The van der Waals surface area contributed by atoms with Gasteiger partial charge in [-0.3, -0.25) is 0 Å². The van der Waals surface area contributed by atoms with E-state index in [9.17, 15) is 4.39 Å². The molecule has 2 rings (SSSR count). The second kappa shape index (κ2) is 2.05. The highest BCUT2D eigenvalue weighted by Gasteiger charge is 2.09. The fraction of sp³-hybridized carbons (Fsp3) is 0. The number of anilines is 2. The number of fused-ring (bicyclic) bond motifs is 1. The third-order valence-corrected chi connectivity index (χ3v) is 1.95. The summed E-state index contributed by atoms with van der Waals surface area (Å²) < 4.78 is 18.4. The quantitative estimate of drug-likeness (QED) is 0.563. The van der Waals surface area contributed by atoms with Crippen LogP contribution in [0, 0.1) is 5.82 Å². The van der Waals surface area contributed by atoms with Crippen LogP contribution < -0.4 is 9.44 Å². The average Bonchev–Trinajstić information content (AvgIpc) is 2.33. The van der Waals surface area contributed by atoms with Gasteiger partial charge in [-0.15, -0.1) is 0 Å². The Balaban J connectivity index is 2.52. The molecule has 0 aliphatic carbocycles. The molecule has 4 heteroatoms. The van der Waals surface area contributed by atoms with Crippen LogP contribution in [0.4, 0.5) is 15.8 Å². The highest BCUT2D eigenvalue weighted by atomic mass is 32.2. The van der Waals surface area contributed by atoms with Gasteiger partial charge < -0.3 is 9.44 Å². The van der Waals surface area contributed by atoms with Crippen molar-refractivity contribution in [2.75, 3.05) is 9.44 Å². The van der Waals surface area contributed by atoms with E-state index in [0.29, 0.717) is 0 Å². The summed E-state index contributed by atoms with van der Waals surface area (Å²) >= 11 is 1.34. The van der Waals surface area contributed by atoms with E-state index < -0.39 is 0 Å². The number of hydrogen-bond donors (Lipinski definition) is 2. The minimum Gasteiger partial charge on any atom is -0.310 e. The molecule has 0 bridgehead atoms. The van der Waals surface area contributed by atoms with Crippen molar-refractivity contribution < 1.29 is 4.39 Å². The van der Waals surface area contributed by atoms with Crippen molar-refractivity contribution in [2.24, 2.45) is 0 Å². The van der Waals surface area contributed by atoms with Gasteiger partial charge in [0.25, 0.3) is 0 Å². The van der Waals surface area contributed by atoms with Crippen LogP contribution in [0.1, 0.15) is 0 Å². The van der Waals surface area contributed by atoms with E-state index in [1.54, 1.807) is 6.07 Å². The van der Waals surface area contributed by atoms with Crippen molar-refractivity contribution in [1.29, 1.82) is 0 Å². The van der Waals surface area contributed by atoms with Gasteiger partial charge in [-0.2, -0.15) is 0 Å². The largest absolute Gasteiger partial charge is 0.310 e. The maximum atomic E-state index is 12.5. The van der Waals surface area contributed by atoms with Gasteiger partial charge in [0.2, 0.25) is 0 Å². The second-order valence-electron chi connectivity index (χ2n) is 2.00. The standard InChI is InChI=1S/C6H5FN2S/c7-4-1-2-5-6(3-4)9-10-8-5/h1-3,8-9H. The summed E-state index contributed by atoms with van der Waals surface area (Å²) in [5.41, 5.74) is 1.75. The first kappa shape index (κ1) is 5.85. The molecule has 1 heterocycles. The molecule has 1 aromatic carbocycles. The fourth-order valence-corrected chi connectivity index (χ4v) is 1.44. The highest BCUT2D eigenvalue weighted by molar-refractivity contribution is 8.02. The van der Waals surface area contributed by atoms with Crippen molar-refractivity contribution in [1.82, 2.24) is 0 Å². The van der Waals surface area contributed by atoms with Crippen LogP contribution in [-0.2, 0) is 0 Å². The minimum atomic E-state index is -0.212. The zero-order valence-corrected chi connectivity index (χ0v) is 5.83. The van der Waals surface area contributed by atoms with Crippen LogP contribution in [0.25, 0.3) is 0 Å². The molecule has 2 N–H and O–H groups in total. The van der Waals surface area contributed by atoms with Crippen LogP contribution >= 0.6 is 12.1 Å². The number of halogens is 1. The van der Waals surface area contributed by atoms with E-state index in [2.05, 4.69) is 9.44 Å². The molecule has 52 valence electrons. The number of nitrogens with one attached hydrogen (secondary N) is 2. The molecule has 0 radical (unpaired) electrons. The summed E-state index contributed by atoms with van der Waals surface area (Å²) in [4.78, 5) is 0. The third-order valence-electron chi connectivity index (χ3n) is 1.30. The molecule has 1 aliphatic rings. The average molecular weight is 156 g/mol. The monoisotopic (exact) mass is 156 g/mol. The topological polar surface area (TPSA) is 24.1 Å². The van der Waals surface area contributed by atoms with Gasteiger partial charge in [0.1, 0.15) is 5.82 Å². The van der Waals surface area contributed by atoms with E-state index in [-0.39, 0.29) is 5.82 Å². The van der Waals surface area contributed by atoms with Crippen LogP contribution in [0.3, 0.4) is 0 Å². The number of hydrogen-bond acceptors (Lipinski definition) is 3. The predicted molar refractivity (Wildman–Crippen MR) is 41.2 cm³/mol. The molecule has 0 saturated carbocycles. The molecule has 2 nitrogen and oxygen atoms in total. The first-order valence-corrected chi connectivity index (χ1v) is 3.65. The summed E-state index contributed by atoms with van der Waals surface area (Å²) in [5, 5.41) is 0. The summed E-state index contributed by atoms with van der Waals surface area (Å²) in [6.07, 6.45) is 0. The summed E-state index contributed by atoms with van der Waals surface area (Å²) in [7, 11) is 0. The van der Waals surface area contributed by atoms with Gasteiger partial charge >= 0.3 is 0 Å². The molecule has 0 atom stereocenters. The number of benzene rings is 1. The Labute approximate surface area is 62.1 Å². The van der Waals surface area contributed by atoms with Crippen molar-refractivity contribution in [3.8, 4) is 0 Å². The lowest BCUT2D eigenvalue weighted by Gasteiger charge is -1.94. The fourth-order valence-electron chi connectivity index (χ4n) is 0.825. The van der Waals surface area contributed by atoms with Crippen molar-refractivity contribution >= 4 is 23.5 Å². The second-order valence-corrected chi connectivity index (χ2v) is 2.61. The molecular formula is C6H5FN2S. The zero-order valence-electron chi connectivity index (χ0n) is 5.02. The Morgan fingerprint density at radius 3 is 2.90 bits per heavy atom. The first-order valence-electron chi connectivity index (χ1n) is 2.84. The molecule has 10 heavy (non-hydrogen) atoms. The first-order chi connectivity index (χ1) is 4.86. The van der Waals surface area contributed by atoms with Crippen molar-refractivity contribution in [3.05, 3.63) is 24.0 Å². The lowest BCUT2D eigenvalue weighted by atomic mass is 10.3. The Hall–Kier alpha value is -0.900. The van der Waals surface area contributed by atoms with Gasteiger partial charge in [-0.25, -0.2) is 4.39 Å². The smallest absolute Gasteiger partial charge is 0.125 e. The Bertz CT molecular complexity index is 264. The molecular weight excluding hydrogens is 151 g/mol. The predicted octanol–water partition coefficient (Wildman–Crippen LogP) is 2.23. The third kappa shape index (κ3) is 0.806. The Kier molecular flexibility index (Phi) is 1.20. The van der Waals surface area contributed by atoms with Gasteiger partial charge in [0.05, 0.1) is 23.5 Å². The van der Waals surface area contributed by atoms with E-state index in [4.69, 9.17) is 0 Å². The van der Waals surface area contributed by atoms with Gasteiger partial charge in [-0.1, -0.05) is 0 Å². The number of rotatable bonds is 0. The van der Waals surface area contributed by atoms with Gasteiger partial charge in [0, 0.05) is 0 Å². The molecule has 1 aliphatic heterocycles. The van der Waals surface area contributed by atoms with Crippen molar-refractivity contribution in [3.63, 3.8) is 0 Å². The van der Waals surface area contributed by atoms with Gasteiger partial charge in [0.15, 0.2) is 0 Å². The van der Waals surface area contributed by atoms with E-state index >= 15 is 0 Å². The molecule has 0 amide bonds. The lowest BCUT2D eigenvalue weighted by Crippen LogP contribution is -1.78.